The summed E-state index contributed by atoms with van der Waals surface area (Å²) in [5, 5.41) is 2.78. The molecule has 0 unspecified atom stereocenters. The molecule has 0 saturated heterocycles. The quantitative estimate of drug-likeness (QED) is 0.871. The highest BCUT2D eigenvalue weighted by molar-refractivity contribution is 7.14. The normalized spacial score (nSPS) is 12.8. The second-order valence-corrected chi connectivity index (χ2v) is 6.92. The summed E-state index contributed by atoms with van der Waals surface area (Å²) in [6.07, 6.45) is 3.24. The highest BCUT2D eigenvalue weighted by atomic mass is 32.1. The Bertz CT molecular complexity index is 742. The Labute approximate surface area is 139 Å². The molecule has 0 fully saturated rings. The fourth-order valence-electron chi connectivity index (χ4n) is 2.70. The van der Waals surface area contributed by atoms with Crippen LogP contribution in [0.15, 0.2) is 24.3 Å². The smallest absolute Gasteiger partial charge is 0.348 e. The minimum Gasteiger partial charge on any atom is -0.451 e. The van der Waals surface area contributed by atoms with Crippen LogP contribution in [0.25, 0.3) is 0 Å². The number of aryl methyl sites for hydroxylation is 3. The van der Waals surface area contributed by atoms with E-state index in [4.69, 9.17) is 4.74 Å². The number of anilines is 1. The van der Waals surface area contributed by atoms with E-state index in [9.17, 15) is 9.59 Å². The topological polar surface area (TPSA) is 55.4 Å². The molecule has 3 rings (SSSR count). The summed E-state index contributed by atoms with van der Waals surface area (Å²) in [5.41, 5.74) is 4.12. The predicted octanol–water partition coefficient (Wildman–Crippen LogP) is 3.65. The van der Waals surface area contributed by atoms with Gasteiger partial charge in [0, 0.05) is 10.6 Å². The second kappa shape index (κ2) is 6.54. The molecule has 0 aliphatic heterocycles. The molecule has 1 aromatic heterocycles. The average Bonchev–Trinajstić information content (AvgIpc) is 3.11. The number of esters is 1. The Morgan fingerprint density at radius 2 is 2.09 bits per heavy atom. The largest absolute Gasteiger partial charge is 0.451 e. The predicted molar refractivity (Wildman–Crippen MR) is 91.2 cm³/mol. The van der Waals surface area contributed by atoms with Gasteiger partial charge in [0.1, 0.15) is 4.88 Å². The zero-order valence-corrected chi connectivity index (χ0v) is 14.1. The van der Waals surface area contributed by atoms with Crippen molar-refractivity contribution in [3.8, 4) is 0 Å². The summed E-state index contributed by atoms with van der Waals surface area (Å²) in [6.45, 7) is 3.67. The van der Waals surface area contributed by atoms with Crippen molar-refractivity contribution < 1.29 is 14.3 Å². The Kier molecular flexibility index (Phi) is 4.48. The van der Waals surface area contributed by atoms with Gasteiger partial charge in [-0.25, -0.2) is 4.79 Å². The molecule has 1 aromatic carbocycles. The molecule has 120 valence electrons. The number of carbonyl (C=O) groups excluding carboxylic acids is 2. The first kappa shape index (κ1) is 15.7. The summed E-state index contributed by atoms with van der Waals surface area (Å²) >= 11 is 1.48. The van der Waals surface area contributed by atoms with Crippen molar-refractivity contribution in [2.45, 2.75) is 33.1 Å². The van der Waals surface area contributed by atoms with Gasteiger partial charge in [0.25, 0.3) is 5.91 Å². The zero-order chi connectivity index (χ0) is 16.4. The van der Waals surface area contributed by atoms with Crippen molar-refractivity contribution in [2.75, 3.05) is 11.9 Å². The van der Waals surface area contributed by atoms with Gasteiger partial charge in [0.05, 0.1) is 0 Å². The van der Waals surface area contributed by atoms with Gasteiger partial charge in [-0.15, -0.1) is 11.3 Å². The number of amides is 1. The molecular formula is C18H19NO3S. The van der Waals surface area contributed by atoms with Crippen LogP contribution in [-0.2, 0) is 22.4 Å². The van der Waals surface area contributed by atoms with Gasteiger partial charge >= 0.3 is 5.97 Å². The molecule has 1 N–H and O–H groups in total. The van der Waals surface area contributed by atoms with E-state index in [2.05, 4.69) is 5.32 Å². The molecule has 4 nitrogen and oxygen atoms in total. The van der Waals surface area contributed by atoms with E-state index in [0.717, 1.165) is 36.1 Å². The fraction of sp³-hybridized carbons (Fsp3) is 0.333. The number of fused-ring (bicyclic) bond motifs is 1. The van der Waals surface area contributed by atoms with Crippen LogP contribution in [0.1, 0.15) is 37.7 Å². The molecule has 23 heavy (non-hydrogen) atoms. The van der Waals surface area contributed by atoms with Gasteiger partial charge in [-0.3, -0.25) is 4.79 Å². The van der Waals surface area contributed by atoms with Crippen molar-refractivity contribution in [3.05, 3.63) is 50.7 Å². The first-order chi connectivity index (χ1) is 11.0. The Balaban J connectivity index is 1.56. The van der Waals surface area contributed by atoms with Crippen molar-refractivity contribution >= 4 is 28.9 Å². The third-order valence-electron chi connectivity index (χ3n) is 4.16. The van der Waals surface area contributed by atoms with Crippen molar-refractivity contribution in [1.82, 2.24) is 0 Å². The van der Waals surface area contributed by atoms with E-state index >= 15 is 0 Å². The van der Waals surface area contributed by atoms with E-state index < -0.39 is 5.97 Å². The van der Waals surface area contributed by atoms with Crippen molar-refractivity contribution in [2.24, 2.45) is 0 Å². The summed E-state index contributed by atoms with van der Waals surface area (Å²) in [6, 6.07) is 7.61. The van der Waals surface area contributed by atoms with Crippen LogP contribution in [-0.4, -0.2) is 18.5 Å². The van der Waals surface area contributed by atoms with E-state index in [1.54, 1.807) is 0 Å². The van der Waals surface area contributed by atoms with Crippen LogP contribution in [0.3, 0.4) is 0 Å². The van der Waals surface area contributed by atoms with Crippen molar-refractivity contribution in [3.63, 3.8) is 0 Å². The van der Waals surface area contributed by atoms with Crippen LogP contribution in [0.4, 0.5) is 5.69 Å². The lowest BCUT2D eigenvalue weighted by molar-refractivity contribution is -0.119. The fourth-order valence-corrected chi connectivity index (χ4v) is 3.85. The molecule has 0 atom stereocenters. The minimum absolute atomic E-state index is 0.269. The van der Waals surface area contributed by atoms with E-state index in [-0.39, 0.29) is 12.5 Å². The van der Waals surface area contributed by atoms with Crippen molar-refractivity contribution in [1.29, 1.82) is 0 Å². The molecule has 2 aromatic rings. The Morgan fingerprint density at radius 3 is 2.87 bits per heavy atom. The van der Waals surface area contributed by atoms with Crippen LogP contribution in [0.5, 0.6) is 0 Å². The standard InChI is InChI=1S/C18H19NO3S/c1-11-5-3-7-14(12(11)2)19-17(20)10-22-18(21)16-9-13-6-4-8-15(13)23-16/h3,5,7,9H,4,6,8,10H2,1-2H3,(H,19,20). The summed E-state index contributed by atoms with van der Waals surface area (Å²) in [5.74, 6) is -0.739. The average molecular weight is 329 g/mol. The van der Waals surface area contributed by atoms with Gasteiger partial charge in [-0.1, -0.05) is 12.1 Å². The molecule has 0 saturated carbocycles. The number of nitrogens with one attached hydrogen (secondary N) is 1. The maximum Gasteiger partial charge on any atom is 0.348 e. The molecule has 1 aliphatic rings. The van der Waals surface area contributed by atoms with Crippen LogP contribution in [0.2, 0.25) is 0 Å². The van der Waals surface area contributed by atoms with E-state index in [0.29, 0.717) is 4.88 Å². The number of ether oxygens (including phenoxy) is 1. The van der Waals surface area contributed by atoms with E-state index in [1.807, 2.05) is 38.1 Å². The lowest BCUT2D eigenvalue weighted by Gasteiger charge is -2.10. The summed E-state index contributed by atoms with van der Waals surface area (Å²) in [4.78, 5) is 25.9. The number of benzene rings is 1. The van der Waals surface area contributed by atoms with Gasteiger partial charge < -0.3 is 10.1 Å². The molecule has 0 radical (unpaired) electrons. The molecule has 1 heterocycles. The third kappa shape index (κ3) is 3.45. The number of rotatable bonds is 4. The summed E-state index contributed by atoms with van der Waals surface area (Å²) < 4.78 is 5.13. The monoisotopic (exact) mass is 329 g/mol. The van der Waals surface area contributed by atoms with Gasteiger partial charge in [0.15, 0.2) is 6.61 Å². The number of thiophene rings is 1. The second-order valence-electron chi connectivity index (χ2n) is 5.78. The van der Waals surface area contributed by atoms with E-state index in [1.165, 1.54) is 21.8 Å². The Morgan fingerprint density at radius 1 is 1.26 bits per heavy atom. The highest BCUT2D eigenvalue weighted by Gasteiger charge is 2.20. The minimum atomic E-state index is -0.416. The van der Waals surface area contributed by atoms with Gasteiger partial charge in [0.2, 0.25) is 0 Å². The SMILES string of the molecule is Cc1cccc(NC(=O)COC(=O)c2cc3c(s2)CCC3)c1C. The Hall–Kier alpha value is -2.14. The molecule has 0 bridgehead atoms. The maximum atomic E-state index is 12.0. The van der Waals surface area contributed by atoms with Crippen LogP contribution in [0, 0.1) is 13.8 Å². The molecule has 5 heteroatoms. The molecular weight excluding hydrogens is 310 g/mol. The molecule has 0 spiro atoms. The van der Waals surface area contributed by atoms with Gasteiger partial charge in [-0.05, 0) is 61.9 Å². The first-order valence-corrected chi connectivity index (χ1v) is 8.51. The maximum absolute atomic E-state index is 12.0. The van der Waals surface area contributed by atoms with Gasteiger partial charge in [-0.2, -0.15) is 0 Å². The number of carbonyl (C=O) groups is 2. The summed E-state index contributed by atoms with van der Waals surface area (Å²) in [7, 11) is 0. The zero-order valence-electron chi connectivity index (χ0n) is 13.3. The molecule has 1 aliphatic carbocycles. The number of hydrogen-bond acceptors (Lipinski definition) is 4. The highest BCUT2D eigenvalue weighted by Crippen LogP contribution is 2.30. The third-order valence-corrected chi connectivity index (χ3v) is 5.38. The number of hydrogen-bond donors (Lipinski definition) is 1. The van der Waals surface area contributed by atoms with Crippen LogP contribution < -0.4 is 5.32 Å². The lowest BCUT2D eigenvalue weighted by atomic mass is 10.1. The lowest BCUT2D eigenvalue weighted by Crippen LogP contribution is -2.21. The van der Waals surface area contributed by atoms with Crippen LogP contribution >= 0.6 is 11.3 Å². The molecule has 1 amide bonds. The first-order valence-electron chi connectivity index (χ1n) is 7.69.